The van der Waals surface area contributed by atoms with E-state index in [1.54, 1.807) is 0 Å². The molecule has 4 atom stereocenters. The lowest BCUT2D eigenvalue weighted by atomic mass is 10.1. The van der Waals surface area contributed by atoms with Gasteiger partial charge in [-0.1, -0.05) is 6.92 Å². The van der Waals surface area contributed by atoms with Crippen LogP contribution in [0.4, 0.5) is 0 Å². The molecule has 5 heteroatoms. The molecule has 0 fully saturated rings. The highest BCUT2D eigenvalue weighted by atomic mass is 16.5. The SMILES string of the molecule is CC(N)COCCOCC(C)CC(C)OCC(C)N. The Morgan fingerprint density at radius 2 is 1.32 bits per heavy atom. The molecule has 0 aromatic heterocycles. The molecule has 0 radical (unpaired) electrons. The third-order valence-electron chi connectivity index (χ3n) is 2.53. The maximum Gasteiger partial charge on any atom is 0.0701 e. The quantitative estimate of drug-likeness (QED) is 0.523. The number of hydrogen-bond donors (Lipinski definition) is 2. The van der Waals surface area contributed by atoms with Gasteiger partial charge in [0.2, 0.25) is 0 Å². The molecular formula is C14H32N2O3. The van der Waals surface area contributed by atoms with Crippen molar-refractivity contribution in [2.45, 2.75) is 52.3 Å². The fourth-order valence-electron chi connectivity index (χ4n) is 1.69. The van der Waals surface area contributed by atoms with Gasteiger partial charge in [0.15, 0.2) is 0 Å². The third-order valence-corrected chi connectivity index (χ3v) is 2.53. The minimum absolute atomic E-state index is 0.0851. The molecule has 4 N–H and O–H groups in total. The monoisotopic (exact) mass is 276 g/mol. The van der Waals surface area contributed by atoms with E-state index >= 15 is 0 Å². The standard InChI is InChI=1S/C14H32N2O3/c1-11(7-14(4)19-10-13(3)16)8-17-5-6-18-9-12(2)15/h11-14H,5-10,15-16H2,1-4H3. The van der Waals surface area contributed by atoms with Crippen LogP contribution in [0.1, 0.15) is 34.1 Å². The molecule has 0 heterocycles. The summed E-state index contributed by atoms with van der Waals surface area (Å²) in [7, 11) is 0. The fourth-order valence-corrected chi connectivity index (χ4v) is 1.69. The molecule has 0 saturated heterocycles. The lowest BCUT2D eigenvalue weighted by Gasteiger charge is -2.19. The van der Waals surface area contributed by atoms with Gasteiger partial charge in [-0.2, -0.15) is 0 Å². The molecule has 0 aliphatic rings. The van der Waals surface area contributed by atoms with Crippen LogP contribution in [0.5, 0.6) is 0 Å². The lowest BCUT2D eigenvalue weighted by Crippen LogP contribution is -2.26. The second-order valence-electron chi connectivity index (χ2n) is 5.59. The molecule has 4 unspecified atom stereocenters. The maximum atomic E-state index is 5.65. The highest BCUT2D eigenvalue weighted by Crippen LogP contribution is 2.09. The average Bonchev–Trinajstić information content (AvgIpc) is 2.30. The van der Waals surface area contributed by atoms with Crippen molar-refractivity contribution in [1.82, 2.24) is 0 Å². The van der Waals surface area contributed by atoms with Crippen LogP contribution in [0.25, 0.3) is 0 Å². The van der Waals surface area contributed by atoms with Gasteiger partial charge in [-0.3, -0.25) is 0 Å². The van der Waals surface area contributed by atoms with E-state index in [4.69, 9.17) is 25.7 Å². The van der Waals surface area contributed by atoms with Gasteiger partial charge >= 0.3 is 0 Å². The van der Waals surface area contributed by atoms with Gasteiger partial charge in [0.1, 0.15) is 0 Å². The van der Waals surface area contributed by atoms with E-state index in [0.717, 1.165) is 13.0 Å². The molecule has 0 aromatic carbocycles. The van der Waals surface area contributed by atoms with Crippen LogP contribution in [0.15, 0.2) is 0 Å². The Kier molecular flexibility index (Phi) is 11.5. The molecule has 0 bridgehead atoms. The summed E-state index contributed by atoms with van der Waals surface area (Å²) in [5.74, 6) is 0.469. The maximum absolute atomic E-state index is 5.65. The highest BCUT2D eigenvalue weighted by molar-refractivity contribution is 4.60. The molecule has 0 aromatic rings. The number of nitrogens with two attached hydrogens (primary N) is 2. The zero-order valence-corrected chi connectivity index (χ0v) is 12.9. The molecule has 5 nitrogen and oxygen atoms in total. The molecule has 0 saturated carbocycles. The normalized spacial score (nSPS) is 18.0. The second kappa shape index (κ2) is 11.6. The molecule has 0 aliphatic heterocycles. The van der Waals surface area contributed by atoms with Crippen molar-refractivity contribution < 1.29 is 14.2 Å². The van der Waals surface area contributed by atoms with Gasteiger partial charge < -0.3 is 25.7 Å². The Hall–Kier alpha value is -0.200. The van der Waals surface area contributed by atoms with Crippen LogP contribution in [0, 0.1) is 5.92 Å². The van der Waals surface area contributed by atoms with Crippen LogP contribution in [0.2, 0.25) is 0 Å². The van der Waals surface area contributed by atoms with Gasteiger partial charge in [-0.05, 0) is 33.1 Å². The molecule has 0 spiro atoms. The molecule has 0 rings (SSSR count). The Balaban J connectivity index is 3.40. The van der Waals surface area contributed by atoms with Gasteiger partial charge in [0.05, 0.1) is 32.5 Å². The fraction of sp³-hybridized carbons (Fsp3) is 1.00. The predicted molar refractivity (Wildman–Crippen MR) is 78.1 cm³/mol. The number of rotatable bonds is 12. The number of hydrogen-bond acceptors (Lipinski definition) is 5. The summed E-state index contributed by atoms with van der Waals surface area (Å²) in [4.78, 5) is 0. The van der Waals surface area contributed by atoms with E-state index in [1.165, 1.54) is 0 Å². The van der Waals surface area contributed by atoms with Crippen molar-refractivity contribution in [2.75, 3.05) is 33.0 Å². The van der Waals surface area contributed by atoms with Crippen LogP contribution in [0.3, 0.4) is 0 Å². The van der Waals surface area contributed by atoms with Gasteiger partial charge in [0, 0.05) is 18.7 Å². The van der Waals surface area contributed by atoms with E-state index in [1.807, 2.05) is 13.8 Å². The van der Waals surface area contributed by atoms with Gasteiger partial charge in [-0.15, -0.1) is 0 Å². The Labute approximate surface area is 118 Å². The van der Waals surface area contributed by atoms with Crippen LogP contribution < -0.4 is 11.5 Å². The third kappa shape index (κ3) is 14.0. The molecule has 0 aliphatic carbocycles. The minimum atomic E-state index is 0.0851. The Bertz CT molecular complexity index is 201. The largest absolute Gasteiger partial charge is 0.379 e. The van der Waals surface area contributed by atoms with E-state index in [9.17, 15) is 0 Å². The highest BCUT2D eigenvalue weighted by Gasteiger charge is 2.10. The summed E-state index contributed by atoms with van der Waals surface area (Å²) in [6.07, 6.45) is 1.20. The Morgan fingerprint density at radius 1 is 0.789 bits per heavy atom. The van der Waals surface area contributed by atoms with E-state index in [-0.39, 0.29) is 18.2 Å². The summed E-state index contributed by atoms with van der Waals surface area (Å²) >= 11 is 0. The smallest absolute Gasteiger partial charge is 0.0701 e. The van der Waals surface area contributed by atoms with Crippen molar-refractivity contribution in [3.63, 3.8) is 0 Å². The van der Waals surface area contributed by atoms with Crippen molar-refractivity contribution in [3.8, 4) is 0 Å². The van der Waals surface area contributed by atoms with E-state index < -0.39 is 0 Å². The summed E-state index contributed by atoms with van der Waals surface area (Å²) in [6.45, 7) is 11.2. The van der Waals surface area contributed by atoms with Crippen molar-refractivity contribution in [2.24, 2.45) is 17.4 Å². The van der Waals surface area contributed by atoms with Crippen LogP contribution in [-0.2, 0) is 14.2 Å². The van der Waals surface area contributed by atoms with Crippen LogP contribution >= 0.6 is 0 Å². The summed E-state index contributed by atoms with van der Waals surface area (Å²) in [5, 5.41) is 0. The van der Waals surface area contributed by atoms with Gasteiger partial charge in [0.25, 0.3) is 0 Å². The van der Waals surface area contributed by atoms with Gasteiger partial charge in [-0.25, -0.2) is 0 Å². The molecular weight excluding hydrogens is 244 g/mol. The average molecular weight is 276 g/mol. The first-order valence-corrected chi connectivity index (χ1v) is 7.20. The van der Waals surface area contributed by atoms with Crippen LogP contribution in [-0.4, -0.2) is 51.2 Å². The molecule has 0 amide bonds. The number of ether oxygens (including phenoxy) is 3. The van der Waals surface area contributed by atoms with E-state index in [2.05, 4.69) is 13.8 Å². The zero-order valence-electron chi connectivity index (χ0n) is 12.9. The van der Waals surface area contributed by atoms with Crippen molar-refractivity contribution in [1.29, 1.82) is 0 Å². The summed E-state index contributed by atoms with van der Waals surface area (Å²) in [6, 6.07) is 0.179. The van der Waals surface area contributed by atoms with Crippen molar-refractivity contribution >= 4 is 0 Å². The first kappa shape index (κ1) is 18.8. The Morgan fingerprint density at radius 3 is 1.84 bits per heavy atom. The van der Waals surface area contributed by atoms with Crippen molar-refractivity contribution in [3.05, 3.63) is 0 Å². The first-order valence-electron chi connectivity index (χ1n) is 7.20. The first-order chi connectivity index (χ1) is 8.91. The molecule has 116 valence electrons. The predicted octanol–water partition coefficient (Wildman–Crippen LogP) is 1.15. The topological polar surface area (TPSA) is 79.7 Å². The summed E-state index contributed by atoms with van der Waals surface area (Å²) < 4.78 is 16.5. The summed E-state index contributed by atoms with van der Waals surface area (Å²) in [5.41, 5.74) is 11.2. The lowest BCUT2D eigenvalue weighted by molar-refractivity contribution is 0.00964. The second-order valence-corrected chi connectivity index (χ2v) is 5.59. The zero-order chi connectivity index (χ0) is 14.7. The molecule has 19 heavy (non-hydrogen) atoms. The van der Waals surface area contributed by atoms with E-state index in [0.29, 0.717) is 32.3 Å². The minimum Gasteiger partial charge on any atom is -0.379 e.